The first-order valence-electron chi connectivity index (χ1n) is 7.46. The minimum absolute atomic E-state index is 0.360. The minimum atomic E-state index is -0.360. The number of aromatic amines is 1. The molecular formula is C16H14Br2N6O. The summed E-state index contributed by atoms with van der Waals surface area (Å²) < 4.78 is 1.51. The highest BCUT2D eigenvalue weighted by Crippen LogP contribution is 2.35. The standard InChI is InChI=1S/C16H14Br2N6O/c1-2-9-4-3-5-11(6-9)19-16(25)20-14-12(15-21-23-24-22-15)7-10(17)8-13(14)18/h3-8H,2H2,1H3,(H2,19,20,25)(H,21,22,23,24). The lowest BCUT2D eigenvalue weighted by atomic mass is 10.1. The molecule has 25 heavy (non-hydrogen) atoms. The minimum Gasteiger partial charge on any atom is -0.308 e. The van der Waals surface area contributed by atoms with Crippen LogP contribution in [0.5, 0.6) is 0 Å². The molecule has 0 aliphatic heterocycles. The molecular weight excluding hydrogens is 452 g/mol. The number of hydrogen-bond acceptors (Lipinski definition) is 4. The molecule has 0 saturated heterocycles. The fraction of sp³-hybridized carbons (Fsp3) is 0.125. The average molecular weight is 466 g/mol. The third-order valence-corrected chi connectivity index (χ3v) is 4.56. The highest BCUT2D eigenvalue weighted by atomic mass is 79.9. The molecule has 3 aromatic rings. The van der Waals surface area contributed by atoms with Crippen molar-refractivity contribution < 1.29 is 4.79 Å². The van der Waals surface area contributed by atoms with Crippen LogP contribution in [0.15, 0.2) is 45.3 Å². The number of carbonyl (C=O) groups excluding carboxylic acids is 1. The van der Waals surface area contributed by atoms with Crippen molar-refractivity contribution in [3.8, 4) is 11.4 Å². The summed E-state index contributed by atoms with van der Waals surface area (Å²) in [6.07, 6.45) is 0.900. The van der Waals surface area contributed by atoms with E-state index in [1.54, 1.807) is 0 Å². The Labute approximate surface area is 160 Å². The lowest BCUT2D eigenvalue weighted by molar-refractivity contribution is 0.262. The van der Waals surface area contributed by atoms with Crippen molar-refractivity contribution >= 4 is 49.3 Å². The Morgan fingerprint density at radius 3 is 2.76 bits per heavy atom. The van der Waals surface area contributed by atoms with Gasteiger partial charge >= 0.3 is 6.03 Å². The zero-order valence-electron chi connectivity index (χ0n) is 13.2. The number of carbonyl (C=O) groups is 1. The van der Waals surface area contributed by atoms with Gasteiger partial charge in [-0.15, -0.1) is 10.2 Å². The molecule has 7 nitrogen and oxygen atoms in total. The Bertz CT molecular complexity index is 898. The van der Waals surface area contributed by atoms with E-state index >= 15 is 0 Å². The number of hydrogen-bond donors (Lipinski definition) is 3. The van der Waals surface area contributed by atoms with E-state index in [0.717, 1.165) is 22.1 Å². The number of rotatable bonds is 4. The van der Waals surface area contributed by atoms with Crippen molar-refractivity contribution in [1.82, 2.24) is 20.6 Å². The summed E-state index contributed by atoms with van der Waals surface area (Å²) in [5.41, 5.74) is 3.06. The molecule has 0 radical (unpaired) electrons. The van der Waals surface area contributed by atoms with Crippen LogP contribution in [0.3, 0.4) is 0 Å². The molecule has 2 amide bonds. The van der Waals surface area contributed by atoms with E-state index in [-0.39, 0.29) is 6.03 Å². The highest BCUT2D eigenvalue weighted by Gasteiger charge is 2.16. The van der Waals surface area contributed by atoms with E-state index in [9.17, 15) is 4.79 Å². The van der Waals surface area contributed by atoms with Gasteiger partial charge in [-0.25, -0.2) is 4.79 Å². The Kier molecular flexibility index (Phi) is 5.44. The first kappa shape index (κ1) is 17.6. The maximum absolute atomic E-state index is 12.4. The highest BCUT2D eigenvalue weighted by molar-refractivity contribution is 9.11. The van der Waals surface area contributed by atoms with Gasteiger partial charge in [0.05, 0.1) is 5.69 Å². The number of urea groups is 1. The monoisotopic (exact) mass is 464 g/mol. The second-order valence-electron chi connectivity index (χ2n) is 5.18. The van der Waals surface area contributed by atoms with Gasteiger partial charge in [-0.1, -0.05) is 35.0 Å². The third-order valence-electron chi connectivity index (χ3n) is 3.47. The molecule has 0 aliphatic rings. The molecule has 0 fully saturated rings. The van der Waals surface area contributed by atoms with E-state index in [1.807, 2.05) is 36.4 Å². The normalized spacial score (nSPS) is 10.5. The van der Waals surface area contributed by atoms with Crippen LogP contribution in [0.1, 0.15) is 12.5 Å². The van der Waals surface area contributed by atoms with Crippen molar-refractivity contribution in [2.45, 2.75) is 13.3 Å². The van der Waals surface area contributed by atoms with Gasteiger partial charge < -0.3 is 10.6 Å². The second kappa shape index (κ2) is 7.75. The molecule has 0 atom stereocenters. The molecule has 9 heteroatoms. The van der Waals surface area contributed by atoms with Crippen LogP contribution in [-0.4, -0.2) is 26.7 Å². The second-order valence-corrected chi connectivity index (χ2v) is 6.95. The first-order valence-corrected chi connectivity index (χ1v) is 9.05. The SMILES string of the molecule is CCc1cccc(NC(=O)Nc2c(Br)cc(Br)cc2-c2nn[nH]n2)c1. The molecule has 0 saturated carbocycles. The number of amides is 2. The van der Waals surface area contributed by atoms with E-state index in [2.05, 4.69) is 70.0 Å². The molecule has 3 N–H and O–H groups in total. The summed E-state index contributed by atoms with van der Waals surface area (Å²) in [4.78, 5) is 12.4. The Morgan fingerprint density at radius 1 is 1.20 bits per heavy atom. The van der Waals surface area contributed by atoms with Gasteiger partial charge in [-0.2, -0.15) is 5.21 Å². The van der Waals surface area contributed by atoms with Gasteiger partial charge in [-0.05, 0) is 57.4 Å². The molecule has 128 valence electrons. The van der Waals surface area contributed by atoms with Gasteiger partial charge in [0.25, 0.3) is 0 Å². The summed E-state index contributed by atoms with van der Waals surface area (Å²) >= 11 is 6.89. The Hall–Kier alpha value is -2.26. The van der Waals surface area contributed by atoms with Crippen LogP contribution in [0.25, 0.3) is 11.4 Å². The van der Waals surface area contributed by atoms with Gasteiger partial charge in [0.15, 0.2) is 0 Å². The topological polar surface area (TPSA) is 95.6 Å². The Morgan fingerprint density at radius 2 is 2.04 bits per heavy atom. The predicted molar refractivity (Wildman–Crippen MR) is 103 cm³/mol. The van der Waals surface area contributed by atoms with Crippen LogP contribution in [0, 0.1) is 0 Å². The van der Waals surface area contributed by atoms with Crippen LogP contribution in [0.2, 0.25) is 0 Å². The lowest BCUT2D eigenvalue weighted by Gasteiger charge is -2.13. The molecule has 1 heterocycles. The number of halogens is 2. The fourth-order valence-electron chi connectivity index (χ4n) is 2.30. The molecule has 1 aromatic heterocycles. The van der Waals surface area contributed by atoms with Crippen LogP contribution in [0.4, 0.5) is 16.2 Å². The van der Waals surface area contributed by atoms with Crippen molar-refractivity contribution in [3.63, 3.8) is 0 Å². The summed E-state index contributed by atoms with van der Waals surface area (Å²) in [6, 6.07) is 11.0. The van der Waals surface area contributed by atoms with Crippen molar-refractivity contribution in [3.05, 3.63) is 50.9 Å². The van der Waals surface area contributed by atoms with Gasteiger partial charge in [0, 0.05) is 20.2 Å². The molecule has 3 rings (SSSR count). The number of H-pyrrole nitrogens is 1. The molecule has 2 aromatic carbocycles. The van der Waals surface area contributed by atoms with E-state index in [4.69, 9.17) is 0 Å². The smallest absolute Gasteiger partial charge is 0.308 e. The predicted octanol–water partition coefficient (Wildman–Crippen LogP) is 4.60. The average Bonchev–Trinajstić information content (AvgIpc) is 3.11. The molecule has 0 bridgehead atoms. The summed E-state index contributed by atoms with van der Waals surface area (Å²) in [6.45, 7) is 2.06. The Balaban J connectivity index is 1.86. The lowest BCUT2D eigenvalue weighted by Crippen LogP contribution is -2.20. The van der Waals surface area contributed by atoms with E-state index < -0.39 is 0 Å². The van der Waals surface area contributed by atoms with Crippen molar-refractivity contribution in [2.24, 2.45) is 0 Å². The van der Waals surface area contributed by atoms with Crippen LogP contribution in [-0.2, 0) is 6.42 Å². The molecule has 0 spiro atoms. The van der Waals surface area contributed by atoms with Crippen LogP contribution >= 0.6 is 31.9 Å². The number of aromatic nitrogens is 4. The summed E-state index contributed by atoms with van der Waals surface area (Å²) in [7, 11) is 0. The van der Waals surface area contributed by atoms with Gasteiger partial charge in [0.1, 0.15) is 0 Å². The van der Waals surface area contributed by atoms with Crippen LogP contribution < -0.4 is 10.6 Å². The zero-order chi connectivity index (χ0) is 17.8. The zero-order valence-corrected chi connectivity index (χ0v) is 16.3. The fourth-order valence-corrected chi connectivity index (χ4v) is 3.62. The quantitative estimate of drug-likeness (QED) is 0.524. The number of tetrazole rings is 1. The number of nitrogens with one attached hydrogen (secondary N) is 3. The maximum Gasteiger partial charge on any atom is 0.323 e. The number of aryl methyl sites for hydroxylation is 1. The van der Waals surface area contributed by atoms with Gasteiger partial charge in [-0.3, -0.25) is 0 Å². The van der Waals surface area contributed by atoms with E-state index in [1.165, 1.54) is 0 Å². The largest absolute Gasteiger partial charge is 0.323 e. The van der Waals surface area contributed by atoms with Crippen molar-refractivity contribution in [1.29, 1.82) is 0 Å². The van der Waals surface area contributed by atoms with Gasteiger partial charge in [0.2, 0.25) is 5.82 Å². The molecule has 0 aliphatic carbocycles. The molecule has 0 unspecified atom stereocenters. The third kappa shape index (κ3) is 4.23. The van der Waals surface area contributed by atoms with E-state index in [0.29, 0.717) is 21.5 Å². The number of benzene rings is 2. The summed E-state index contributed by atoms with van der Waals surface area (Å²) in [5.74, 6) is 0.380. The first-order chi connectivity index (χ1) is 12.1. The number of anilines is 2. The maximum atomic E-state index is 12.4. The summed E-state index contributed by atoms with van der Waals surface area (Å²) in [5, 5.41) is 19.6. The van der Waals surface area contributed by atoms with Crippen molar-refractivity contribution in [2.75, 3.05) is 10.6 Å². The number of nitrogens with zero attached hydrogens (tertiary/aromatic N) is 3.